The third kappa shape index (κ3) is 6.37. The summed E-state index contributed by atoms with van der Waals surface area (Å²) in [7, 11) is 0. The molecular weight excluding hydrogens is 284 g/mol. The van der Waals surface area contributed by atoms with Gasteiger partial charge in [0.1, 0.15) is 5.75 Å². The summed E-state index contributed by atoms with van der Waals surface area (Å²) in [4.78, 5) is 12.4. The van der Waals surface area contributed by atoms with Crippen LogP contribution >= 0.6 is 0 Å². The molecule has 0 aromatic heterocycles. The summed E-state index contributed by atoms with van der Waals surface area (Å²) in [5.74, 6) is 0.541. The summed E-state index contributed by atoms with van der Waals surface area (Å²) >= 11 is 0. The molecule has 1 aromatic carbocycles. The van der Waals surface area contributed by atoms with Crippen molar-refractivity contribution in [2.45, 2.75) is 91.9 Å². The predicted molar refractivity (Wildman–Crippen MR) is 98.5 cm³/mol. The molecule has 0 atom stereocenters. The minimum atomic E-state index is 0.219. The van der Waals surface area contributed by atoms with E-state index in [1.807, 2.05) is 26.8 Å². The lowest BCUT2D eigenvalue weighted by atomic mass is 9.94. The summed E-state index contributed by atoms with van der Waals surface area (Å²) in [6.07, 6.45) is 12.0. The van der Waals surface area contributed by atoms with Crippen molar-refractivity contribution in [2.24, 2.45) is 0 Å². The minimum absolute atomic E-state index is 0.219. The molecule has 1 rings (SSSR count). The Kier molecular flexibility index (Phi) is 8.98. The molecule has 0 aliphatic heterocycles. The zero-order valence-corrected chi connectivity index (χ0v) is 15.5. The number of hydrogen-bond acceptors (Lipinski definition) is 2. The van der Waals surface area contributed by atoms with Crippen molar-refractivity contribution in [1.82, 2.24) is 0 Å². The van der Waals surface area contributed by atoms with Crippen molar-refractivity contribution in [3.8, 4) is 5.75 Å². The van der Waals surface area contributed by atoms with Gasteiger partial charge in [0.05, 0.1) is 0 Å². The number of carbonyl (C=O) groups is 1. The van der Waals surface area contributed by atoms with Gasteiger partial charge in [0.15, 0.2) is 5.78 Å². The maximum Gasteiger partial charge on any atom is 0.163 e. The van der Waals surface area contributed by atoms with Crippen molar-refractivity contribution in [3.63, 3.8) is 0 Å². The maximum atomic E-state index is 12.4. The molecular formula is C21H34O2. The highest BCUT2D eigenvalue weighted by molar-refractivity contribution is 5.98. The Morgan fingerprint density at radius 2 is 1.39 bits per heavy atom. The van der Waals surface area contributed by atoms with Crippen LogP contribution in [-0.4, -0.2) is 10.9 Å². The van der Waals surface area contributed by atoms with Crippen LogP contribution in [0.4, 0.5) is 0 Å². The number of aromatic hydroxyl groups is 1. The summed E-state index contributed by atoms with van der Waals surface area (Å²) in [5, 5.41) is 9.93. The average molecular weight is 319 g/mol. The van der Waals surface area contributed by atoms with Crippen LogP contribution in [0.2, 0.25) is 0 Å². The molecule has 2 nitrogen and oxygen atoms in total. The van der Waals surface area contributed by atoms with E-state index in [0.717, 1.165) is 35.1 Å². The Balaban J connectivity index is 2.30. The van der Waals surface area contributed by atoms with Gasteiger partial charge in [-0.2, -0.15) is 0 Å². The molecule has 1 aromatic rings. The predicted octanol–water partition coefficient (Wildman–Crippen LogP) is 6.42. The summed E-state index contributed by atoms with van der Waals surface area (Å²) < 4.78 is 0. The molecule has 0 unspecified atom stereocenters. The van der Waals surface area contributed by atoms with Crippen LogP contribution < -0.4 is 0 Å². The lowest BCUT2D eigenvalue weighted by molar-refractivity contribution is 0.0978. The molecule has 0 radical (unpaired) electrons. The summed E-state index contributed by atoms with van der Waals surface area (Å²) in [5.41, 5.74) is 3.34. The van der Waals surface area contributed by atoms with Crippen LogP contribution in [0.25, 0.3) is 0 Å². The van der Waals surface area contributed by atoms with Crippen molar-refractivity contribution >= 4 is 5.78 Å². The number of phenolic OH excluding ortho intramolecular Hbond substituents is 1. The number of aryl methyl sites for hydroxylation is 1. The number of ketones is 1. The maximum absolute atomic E-state index is 12.4. The standard InChI is InChI=1S/C21H34O2/c1-5-6-7-8-9-10-11-12-13-14-20(22)19-15-16(2)21(23)18(4)17(19)3/h15,23H,5-14H2,1-4H3. The van der Waals surface area contributed by atoms with Crippen LogP contribution in [0.3, 0.4) is 0 Å². The first-order valence-corrected chi connectivity index (χ1v) is 9.32. The first kappa shape index (κ1) is 19.7. The Labute approximate surface area is 142 Å². The van der Waals surface area contributed by atoms with Crippen molar-refractivity contribution in [1.29, 1.82) is 0 Å². The van der Waals surface area contributed by atoms with Crippen LogP contribution in [0.15, 0.2) is 6.07 Å². The van der Waals surface area contributed by atoms with Gasteiger partial charge in [0.25, 0.3) is 0 Å². The molecule has 1 N–H and O–H groups in total. The van der Waals surface area contributed by atoms with E-state index < -0.39 is 0 Å². The van der Waals surface area contributed by atoms with Crippen LogP contribution in [0.5, 0.6) is 5.75 Å². The molecule has 130 valence electrons. The largest absolute Gasteiger partial charge is 0.507 e. The van der Waals surface area contributed by atoms with Gasteiger partial charge in [-0.15, -0.1) is 0 Å². The highest BCUT2D eigenvalue weighted by atomic mass is 16.3. The molecule has 0 bridgehead atoms. The van der Waals surface area contributed by atoms with E-state index >= 15 is 0 Å². The minimum Gasteiger partial charge on any atom is -0.507 e. The number of unbranched alkanes of at least 4 members (excludes halogenated alkanes) is 8. The van der Waals surface area contributed by atoms with Crippen LogP contribution in [-0.2, 0) is 0 Å². The Hall–Kier alpha value is -1.31. The van der Waals surface area contributed by atoms with Gasteiger partial charge in [0, 0.05) is 12.0 Å². The van der Waals surface area contributed by atoms with Crippen molar-refractivity contribution < 1.29 is 9.90 Å². The third-order valence-corrected chi connectivity index (χ3v) is 4.86. The van der Waals surface area contributed by atoms with E-state index in [4.69, 9.17) is 0 Å². The number of benzene rings is 1. The molecule has 0 fully saturated rings. The third-order valence-electron chi connectivity index (χ3n) is 4.86. The molecule has 0 aliphatic rings. The average Bonchev–Trinajstić information content (AvgIpc) is 2.54. The van der Waals surface area contributed by atoms with Gasteiger partial charge in [-0.1, -0.05) is 58.3 Å². The van der Waals surface area contributed by atoms with E-state index in [1.165, 1.54) is 44.9 Å². The Morgan fingerprint density at radius 3 is 1.96 bits per heavy atom. The monoisotopic (exact) mass is 318 g/mol. The van der Waals surface area contributed by atoms with E-state index in [-0.39, 0.29) is 5.78 Å². The second-order valence-corrected chi connectivity index (χ2v) is 6.84. The zero-order valence-electron chi connectivity index (χ0n) is 15.5. The second kappa shape index (κ2) is 10.5. The van der Waals surface area contributed by atoms with Gasteiger partial charge in [-0.3, -0.25) is 4.79 Å². The molecule has 23 heavy (non-hydrogen) atoms. The SMILES string of the molecule is CCCCCCCCCCCC(=O)c1cc(C)c(O)c(C)c1C. The van der Waals surface area contributed by atoms with Crippen molar-refractivity contribution in [3.05, 3.63) is 28.3 Å². The normalized spacial score (nSPS) is 11.0. The fourth-order valence-electron chi connectivity index (χ4n) is 3.09. The van der Waals surface area contributed by atoms with Crippen LogP contribution in [0, 0.1) is 20.8 Å². The molecule has 0 saturated heterocycles. The number of hydrogen-bond donors (Lipinski definition) is 1. The topological polar surface area (TPSA) is 37.3 Å². The number of carbonyl (C=O) groups excluding carboxylic acids is 1. The first-order chi connectivity index (χ1) is 11.0. The molecule has 0 saturated carbocycles. The smallest absolute Gasteiger partial charge is 0.163 e. The summed E-state index contributed by atoms with van der Waals surface area (Å²) in [6.45, 7) is 7.91. The van der Waals surface area contributed by atoms with Gasteiger partial charge < -0.3 is 5.11 Å². The fraction of sp³-hybridized carbons (Fsp3) is 0.667. The first-order valence-electron chi connectivity index (χ1n) is 9.32. The Morgan fingerprint density at radius 1 is 0.870 bits per heavy atom. The lowest BCUT2D eigenvalue weighted by Gasteiger charge is -2.12. The van der Waals surface area contributed by atoms with Gasteiger partial charge in [-0.05, 0) is 49.9 Å². The molecule has 2 heteroatoms. The molecule has 0 aliphatic carbocycles. The van der Waals surface area contributed by atoms with Crippen molar-refractivity contribution in [2.75, 3.05) is 0 Å². The molecule has 0 amide bonds. The molecule has 0 heterocycles. The number of rotatable bonds is 11. The zero-order chi connectivity index (χ0) is 17.2. The highest BCUT2D eigenvalue weighted by Gasteiger charge is 2.14. The quantitative estimate of drug-likeness (QED) is 0.377. The highest BCUT2D eigenvalue weighted by Crippen LogP contribution is 2.28. The van der Waals surface area contributed by atoms with Gasteiger partial charge in [-0.25, -0.2) is 0 Å². The number of phenols is 1. The van der Waals surface area contributed by atoms with Gasteiger partial charge in [0.2, 0.25) is 0 Å². The summed E-state index contributed by atoms with van der Waals surface area (Å²) in [6, 6.07) is 1.84. The van der Waals surface area contributed by atoms with Crippen LogP contribution in [0.1, 0.15) is 98.2 Å². The Bertz CT molecular complexity index is 503. The fourth-order valence-corrected chi connectivity index (χ4v) is 3.09. The van der Waals surface area contributed by atoms with E-state index in [1.54, 1.807) is 0 Å². The lowest BCUT2D eigenvalue weighted by Crippen LogP contribution is -2.04. The second-order valence-electron chi connectivity index (χ2n) is 6.84. The molecule has 0 spiro atoms. The number of Topliss-reactive ketones (excluding diaryl/α,β-unsaturated/α-hetero) is 1. The van der Waals surface area contributed by atoms with E-state index in [2.05, 4.69) is 6.92 Å². The van der Waals surface area contributed by atoms with Gasteiger partial charge >= 0.3 is 0 Å². The van der Waals surface area contributed by atoms with E-state index in [9.17, 15) is 9.90 Å². The van der Waals surface area contributed by atoms with E-state index in [0.29, 0.717) is 12.2 Å².